The minimum atomic E-state index is -0.0236. The number of carbonyl (C=O) groups is 1. The number of methoxy groups -OCH3 is 1. The number of hydrogen-bond donors (Lipinski definition) is 1. The van der Waals surface area contributed by atoms with Gasteiger partial charge in [0.25, 0.3) is 0 Å². The largest absolute Gasteiger partial charge is 0.481 e. The van der Waals surface area contributed by atoms with Crippen LogP contribution in [0.15, 0.2) is 18.3 Å². The highest BCUT2D eigenvalue weighted by Crippen LogP contribution is 2.10. The van der Waals surface area contributed by atoms with Crippen LogP contribution >= 0.6 is 11.8 Å². The number of aromatic nitrogens is 1. The van der Waals surface area contributed by atoms with Gasteiger partial charge in [-0.25, -0.2) is 4.98 Å². The van der Waals surface area contributed by atoms with Crippen molar-refractivity contribution in [3.63, 3.8) is 0 Å². The van der Waals surface area contributed by atoms with Crippen molar-refractivity contribution in [1.29, 1.82) is 0 Å². The third-order valence-corrected chi connectivity index (χ3v) is 2.06. The molecule has 76 valence electrons. The van der Waals surface area contributed by atoms with Crippen LogP contribution in [-0.4, -0.2) is 30.0 Å². The van der Waals surface area contributed by atoms with Gasteiger partial charge in [0.1, 0.15) is 0 Å². The minimum absolute atomic E-state index is 0.0236. The maximum absolute atomic E-state index is 11.2. The number of anilines is 1. The molecular formula is C9H12N2O2S. The van der Waals surface area contributed by atoms with Crippen molar-refractivity contribution >= 4 is 23.4 Å². The van der Waals surface area contributed by atoms with E-state index in [4.69, 9.17) is 4.74 Å². The predicted molar refractivity (Wildman–Crippen MR) is 57.8 cm³/mol. The molecule has 0 aliphatic rings. The van der Waals surface area contributed by atoms with Crippen LogP contribution in [0.3, 0.4) is 0 Å². The average molecular weight is 212 g/mol. The van der Waals surface area contributed by atoms with Crippen molar-refractivity contribution in [2.75, 3.05) is 24.4 Å². The number of rotatable bonds is 4. The van der Waals surface area contributed by atoms with Crippen molar-refractivity contribution in [3.8, 4) is 5.88 Å². The van der Waals surface area contributed by atoms with Gasteiger partial charge in [0, 0.05) is 6.07 Å². The summed E-state index contributed by atoms with van der Waals surface area (Å²) >= 11 is 1.48. The van der Waals surface area contributed by atoms with E-state index in [1.165, 1.54) is 11.8 Å². The fraction of sp³-hybridized carbons (Fsp3) is 0.333. The predicted octanol–water partition coefficient (Wildman–Crippen LogP) is 1.39. The van der Waals surface area contributed by atoms with Gasteiger partial charge in [-0.15, -0.1) is 0 Å². The molecule has 1 heterocycles. The van der Waals surface area contributed by atoms with Crippen LogP contribution in [-0.2, 0) is 4.79 Å². The summed E-state index contributed by atoms with van der Waals surface area (Å²) < 4.78 is 4.89. The highest BCUT2D eigenvalue weighted by Gasteiger charge is 2.01. The van der Waals surface area contributed by atoms with E-state index in [0.29, 0.717) is 17.3 Å². The lowest BCUT2D eigenvalue weighted by molar-refractivity contribution is -0.113. The van der Waals surface area contributed by atoms with E-state index in [9.17, 15) is 4.79 Å². The van der Waals surface area contributed by atoms with Gasteiger partial charge in [-0.2, -0.15) is 11.8 Å². The van der Waals surface area contributed by atoms with E-state index in [1.807, 2.05) is 6.26 Å². The van der Waals surface area contributed by atoms with Gasteiger partial charge in [0.05, 0.1) is 24.7 Å². The SMILES string of the molecule is COc1ccc(NC(=O)CSC)cn1. The molecule has 0 aromatic carbocycles. The number of amides is 1. The Labute approximate surface area is 87.1 Å². The maximum Gasteiger partial charge on any atom is 0.234 e. The Morgan fingerprint density at radius 3 is 2.93 bits per heavy atom. The van der Waals surface area contributed by atoms with Crippen molar-refractivity contribution in [2.45, 2.75) is 0 Å². The Hall–Kier alpha value is -1.23. The number of pyridine rings is 1. The Balaban J connectivity index is 2.55. The Morgan fingerprint density at radius 2 is 2.43 bits per heavy atom. The second-order valence-corrected chi connectivity index (χ2v) is 3.44. The Kier molecular flexibility index (Phi) is 4.25. The topological polar surface area (TPSA) is 51.2 Å². The van der Waals surface area contributed by atoms with Crippen LogP contribution in [0.5, 0.6) is 5.88 Å². The second kappa shape index (κ2) is 5.49. The van der Waals surface area contributed by atoms with Crippen molar-refractivity contribution < 1.29 is 9.53 Å². The summed E-state index contributed by atoms with van der Waals surface area (Å²) in [4.78, 5) is 15.1. The first-order valence-corrected chi connectivity index (χ1v) is 5.44. The average Bonchev–Trinajstić information content (AvgIpc) is 2.19. The molecule has 1 aromatic heterocycles. The lowest BCUT2D eigenvalue weighted by Crippen LogP contribution is -2.13. The molecule has 0 aliphatic heterocycles. The number of hydrogen-bond acceptors (Lipinski definition) is 4. The van der Waals surface area contributed by atoms with Crippen LogP contribution in [0.2, 0.25) is 0 Å². The zero-order valence-electron chi connectivity index (χ0n) is 8.11. The molecule has 0 spiro atoms. The summed E-state index contributed by atoms with van der Waals surface area (Å²) in [5, 5.41) is 2.72. The molecule has 0 atom stereocenters. The minimum Gasteiger partial charge on any atom is -0.481 e. The first-order valence-electron chi connectivity index (χ1n) is 4.05. The van der Waals surface area contributed by atoms with Crippen LogP contribution in [0.1, 0.15) is 0 Å². The smallest absolute Gasteiger partial charge is 0.234 e. The van der Waals surface area contributed by atoms with Crippen LogP contribution in [0, 0.1) is 0 Å². The number of nitrogens with one attached hydrogen (secondary N) is 1. The lowest BCUT2D eigenvalue weighted by Gasteiger charge is -2.04. The first kappa shape index (κ1) is 10.8. The second-order valence-electron chi connectivity index (χ2n) is 2.57. The Bertz CT molecular complexity index is 300. The molecule has 0 saturated carbocycles. The van der Waals surface area contributed by atoms with Crippen LogP contribution in [0.4, 0.5) is 5.69 Å². The summed E-state index contributed by atoms with van der Waals surface area (Å²) in [5.41, 5.74) is 0.685. The van der Waals surface area contributed by atoms with E-state index < -0.39 is 0 Å². The summed E-state index contributed by atoms with van der Waals surface area (Å²) in [5.74, 6) is 0.962. The summed E-state index contributed by atoms with van der Waals surface area (Å²) in [6.45, 7) is 0. The number of ether oxygens (including phenoxy) is 1. The van der Waals surface area contributed by atoms with Gasteiger partial charge in [-0.05, 0) is 12.3 Å². The molecule has 14 heavy (non-hydrogen) atoms. The normalized spacial score (nSPS) is 9.57. The van der Waals surface area contributed by atoms with Crippen LogP contribution in [0.25, 0.3) is 0 Å². The molecule has 0 unspecified atom stereocenters. The summed E-state index contributed by atoms with van der Waals surface area (Å²) in [7, 11) is 1.55. The number of carbonyl (C=O) groups excluding carboxylic acids is 1. The summed E-state index contributed by atoms with van der Waals surface area (Å²) in [6.07, 6.45) is 3.45. The van der Waals surface area contributed by atoms with E-state index in [0.717, 1.165) is 0 Å². The molecule has 4 nitrogen and oxygen atoms in total. The van der Waals surface area contributed by atoms with Gasteiger partial charge < -0.3 is 10.1 Å². The van der Waals surface area contributed by atoms with Gasteiger partial charge >= 0.3 is 0 Å². The fourth-order valence-electron chi connectivity index (χ4n) is 0.903. The van der Waals surface area contributed by atoms with Crippen molar-refractivity contribution in [2.24, 2.45) is 0 Å². The molecule has 1 N–H and O–H groups in total. The molecule has 0 radical (unpaired) electrons. The highest BCUT2D eigenvalue weighted by molar-refractivity contribution is 7.99. The van der Waals surface area contributed by atoms with E-state index >= 15 is 0 Å². The third kappa shape index (κ3) is 3.26. The monoisotopic (exact) mass is 212 g/mol. The number of thioether (sulfide) groups is 1. The molecule has 0 bridgehead atoms. The van der Waals surface area contributed by atoms with Gasteiger partial charge in [-0.1, -0.05) is 0 Å². The number of nitrogens with zero attached hydrogens (tertiary/aromatic N) is 1. The lowest BCUT2D eigenvalue weighted by atomic mass is 10.4. The van der Waals surface area contributed by atoms with Crippen LogP contribution < -0.4 is 10.1 Å². The molecule has 0 saturated heterocycles. The zero-order chi connectivity index (χ0) is 10.4. The van der Waals surface area contributed by atoms with E-state index in [-0.39, 0.29) is 5.91 Å². The van der Waals surface area contributed by atoms with Gasteiger partial charge in [-0.3, -0.25) is 4.79 Å². The highest BCUT2D eigenvalue weighted by atomic mass is 32.2. The molecule has 0 aliphatic carbocycles. The molecule has 5 heteroatoms. The van der Waals surface area contributed by atoms with E-state index in [2.05, 4.69) is 10.3 Å². The molecule has 1 amide bonds. The first-order chi connectivity index (χ1) is 6.76. The van der Waals surface area contributed by atoms with Crippen molar-refractivity contribution in [3.05, 3.63) is 18.3 Å². The standard InChI is InChI=1S/C9H12N2O2S/c1-13-9-4-3-7(5-10-9)11-8(12)6-14-2/h3-5H,6H2,1-2H3,(H,11,12). The van der Waals surface area contributed by atoms with Crippen molar-refractivity contribution in [1.82, 2.24) is 4.98 Å². The fourth-order valence-corrected chi connectivity index (χ4v) is 1.24. The molecule has 1 rings (SSSR count). The quantitative estimate of drug-likeness (QED) is 0.819. The van der Waals surface area contributed by atoms with Gasteiger partial charge in [0.15, 0.2) is 0 Å². The molecular weight excluding hydrogens is 200 g/mol. The zero-order valence-corrected chi connectivity index (χ0v) is 8.93. The maximum atomic E-state index is 11.2. The molecule has 0 fully saturated rings. The summed E-state index contributed by atoms with van der Waals surface area (Å²) in [6, 6.07) is 3.46. The van der Waals surface area contributed by atoms with Gasteiger partial charge in [0.2, 0.25) is 11.8 Å². The van der Waals surface area contributed by atoms with E-state index in [1.54, 1.807) is 25.4 Å². The third-order valence-electron chi connectivity index (χ3n) is 1.50. The Morgan fingerprint density at radius 1 is 1.64 bits per heavy atom. The molecule has 1 aromatic rings.